The standard InChI is InChI=1S/C31H41N3O2/c1-5-24(16-26(6-2)22(3)23(4)35)21-33-31(36)29(20-32)18-25-10-11-28-19-30(13-12-27(28)17-25)34-14-8-7-9-15-34/h5,10-13,17-19,22-23,26,35H,6-9,14-16,21H2,1-4H3,(H,33,36)/b24-5+,29-18+. The molecular formula is C31H41N3O2. The van der Waals surface area contributed by atoms with E-state index in [4.69, 9.17) is 0 Å². The molecule has 0 spiro atoms. The Morgan fingerprint density at radius 1 is 1.14 bits per heavy atom. The average Bonchev–Trinajstić information content (AvgIpc) is 2.91. The number of anilines is 1. The molecule has 192 valence electrons. The van der Waals surface area contributed by atoms with E-state index in [0.717, 1.165) is 47.8 Å². The van der Waals surface area contributed by atoms with Gasteiger partial charge in [0.2, 0.25) is 0 Å². The van der Waals surface area contributed by atoms with E-state index in [1.165, 1.54) is 24.9 Å². The molecule has 0 bridgehead atoms. The van der Waals surface area contributed by atoms with Gasteiger partial charge in [-0.25, -0.2) is 0 Å². The fraction of sp³-hybridized carbons (Fsp3) is 0.484. The number of fused-ring (bicyclic) bond motifs is 1. The highest BCUT2D eigenvalue weighted by Crippen LogP contribution is 2.27. The Hall–Kier alpha value is -3.10. The van der Waals surface area contributed by atoms with Gasteiger partial charge in [0.25, 0.3) is 5.91 Å². The molecule has 2 aromatic carbocycles. The van der Waals surface area contributed by atoms with Gasteiger partial charge in [-0.3, -0.25) is 4.79 Å². The van der Waals surface area contributed by atoms with Gasteiger partial charge in [0.1, 0.15) is 11.6 Å². The second-order valence-electron chi connectivity index (χ2n) is 10.1. The van der Waals surface area contributed by atoms with Gasteiger partial charge in [-0.05, 0) is 92.0 Å². The van der Waals surface area contributed by atoms with Crippen LogP contribution >= 0.6 is 0 Å². The van der Waals surface area contributed by atoms with E-state index in [1.807, 2.05) is 32.1 Å². The molecule has 0 aromatic heterocycles. The summed E-state index contributed by atoms with van der Waals surface area (Å²) >= 11 is 0. The summed E-state index contributed by atoms with van der Waals surface area (Å²) in [6.45, 7) is 10.6. The molecule has 1 saturated heterocycles. The first kappa shape index (κ1) is 27.5. The first-order valence-electron chi connectivity index (χ1n) is 13.4. The summed E-state index contributed by atoms with van der Waals surface area (Å²) in [7, 11) is 0. The number of hydrogen-bond donors (Lipinski definition) is 2. The third kappa shape index (κ3) is 7.21. The number of hydrogen-bond acceptors (Lipinski definition) is 4. The molecule has 2 aromatic rings. The molecule has 5 nitrogen and oxygen atoms in total. The van der Waals surface area contributed by atoms with Gasteiger partial charge in [-0.15, -0.1) is 0 Å². The number of nitrogens with zero attached hydrogens (tertiary/aromatic N) is 2. The second kappa shape index (κ2) is 13.3. The maximum Gasteiger partial charge on any atom is 0.262 e. The van der Waals surface area contributed by atoms with Crippen LogP contribution in [0.15, 0.2) is 53.6 Å². The lowest BCUT2D eigenvalue weighted by molar-refractivity contribution is -0.116. The Balaban J connectivity index is 1.67. The number of aliphatic hydroxyl groups excluding tert-OH is 1. The van der Waals surface area contributed by atoms with Gasteiger partial charge >= 0.3 is 0 Å². The van der Waals surface area contributed by atoms with Crippen LogP contribution in [0.1, 0.15) is 65.4 Å². The topological polar surface area (TPSA) is 76.4 Å². The van der Waals surface area contributed by atoms with Crippen LogP contribution in [0.25, 0.3) is 16.8 Å². The third-order valence-corrected chi connectivity index (χ3v) is 7.68. The number of benzene rings is 2. The van der Waals surface area contributed by atoms with E-state index in [1.54, 1.807) is 6.08 Å². The molecule has 1 fully saturated rings. The number of aliphatic hydroxyl groups is 1. The van der Waals surface area contributed by atoms with Crippen molar-refractivity contribution in [1.82, 2.24) is 5.32 Å². The fourth-order valence-corrected chi connectivity index (χ4v) is 5.02. The quantitative estimate of drug-likeness (QED) is 0.236. The highest BCUT2D eigenvalue weighted by atomic mass is 16.3. The molecule has 1 aliphatic rings. The number of carbonyl (C=O) groups excluding carboxylic acids is 1. The summed E-state index contributed by atoms with van der Waals surface area (Å²) in [6, 6.07) is 14.6. The van der Waals surface area contributed by atoms with Crippen LogP contribution in [0.3, 0.4) is 0 Å². The number of nitrogens with one attached hydrogen (secondary N) is 1. The van der Waals surface area contributed by atoms with E-state index in [-0.39, 0.29) is 23.5 Å². The molecule has 36 heavy (non-hydrogen) atoms. The van der Waals surface area contributed by atoms with Crippen molar-refractivity contribution in [2.45, 2.75) is 65.9 Å². The molecule has 1 heterocycles. The lowest BCUT2D eigenvalue weighted by Gasteiger charge is -2.29. The van der Waals surface area contributed by atoms with Crippen molar-refractivity contribution in [2.24, 2.45) is 11.8 Å². The lowest BCUT2D eigenvalue weighted by Crippen LogP contribution is -2.29. The van der Waals surface area contributed by atoms with Crippen molar-refractivity contribution in [3.63, 3.8) is 0 Å². The maximum absolute atomic E-state index is 12.8. The fourth-order valence-electron chi connectivity index (χ4n) is 5.02. The molecule has 3 unspecified atom stereocenters. The van der Waals surface area contributed by atoms with Crippen molar-refractivity contribution >= 4 is 28.4 Å². The van der Waals surface area contributed by atoms with Gasteiger partial charge in [-0.2, -0.15) is 5.26 Å². The molecule has 3 atom stereocenters. The van der Waals surface area contributed by atoms with Crippen molar-refractivity contribution < 1.29 is 9.90 Å². The number of allylic oxidation sites excluding steroid dienone is 1. The van der Waals surface area contributed by atoms with Gasteiger partial charge in [0.15, 0.2) is 0 Å². The van der Waals surface area contributed by atoms with Gasteiger partial charge in [0, 0.05) is 25.3 Å². The molecule has 2 N–H and O–H groups in total. The molecule has 0 radical (unpaired) electrons. The smallest absolute Gasteiger partial charge is 0.262 e. The minimum atomic E-state index is -0.367. The monoisotopic (exact) mass is 487 g/mol. The predicted octanol–water partition coefficient (Wildman–Crippen LogP) is 6.23. The summed E-state index contributed by atoms with van der Waals surface area (Å²) in [4.78, 5) is 15.3. The molecule has 1 aliphatic heterocycles. The summed E-state index contributed by atoms with van der Waals surface area (Å²) in [6.07, 6.45) is 8.90. The lowest BCUT2D eigenvalue weighted by atomic mass is 9.83. The Kier molecular flexibility index (Phi) is 10.1. The van der Waals surface area contributed by atoms with Crippen LogP contribution < -0.4 is 10.2 Å². The maximum atomic E-state index is 12.8. The summed E-state index contributed by atoms with van der Waals surface area (Å²) in [5, 5.41) is 24.8. The van der Waals surface area contributed by atoms with Crippen LogP contribution in [-0.2, 0) is 4.79 Å². The normalized spacial score (nSPS) is 17.4. The van der Waals surface area contributed by atoms with Gasteiger partial charge in [0.05, 0.1) is 6.10 Å². The van der Waals surface area contributed by atoms with Crippen molar-refractivity contribution in [3.8, 4) is 6.07 Å². The van der Waals surface area contributed by atoms with Crippen molar-refractivity contribution in [1.29, 1.82) is 5.26 Å². The third-order valence-electron chi connectivity index (χ3n) is 7.68. The Morgan fingerprint density at radius 2 is 1.83 bits per heavy atom. The van der Waals surface area contributed by atoms with Crippen LogP contribution in [0.5, 0.6) is 0 Å². The van der Waals surface area contributed by atoms with Crippen molar-refractivity contribution in [2.75, 3.05) is 24.5 Å². The van der Waals surface area contributed by atoms with Gasteiger partial charge < -0.3 is 15.3 Å². The van der Waals surface area contributed by atoms with E-state index >= 15 is 0 Å². The van der Waals surface area contributed by atoms with Crippen LogP contribution in [0, 0.1) is 23.2 Å². The van der Waals surface area contributed by atoms with Crippen LogP contribution in [-0.4, -0.2) is 36.8 Å². The van der Waals surface area contributed by atoms with E-state index < -0.39 is 0 Å². The largest absolute Gasteiger partial charge is 0.393 e. The van der Waals surface area contributed by atoms with E-state index in [0.29, 0.717) is 12.5 Å². The molecule has 0 aliphatic carbocycles. The molecule has 1 amide bonds. The number of piperidine rings is 1. The number of nitriles is 1. The van der Waals surface area contributed by atoms with E-state index in [9.17, 15) is 15.2 Å². The first-order valence-corrected chi connectivity index (χ1v) is 13.4. The zero-order valence-corrected chi connectivity index (χ0v) is 22.3. The molecule has 3 rings (SSSR count). The number of carbonyl (C=O) groups is 1. The molecule has 0 saturated carbocycles. The minimum absolute atomic E-state index is 0.0964. The SMILES string of the molecule is C/C=C(/CNC(=O)/C(C#N)=C/c1ccc2cc(N3CCCCC3)ccc2c1)CC(CC)C(C)C(C)O. The summed E-state index contributed by atoms with van der Waals surface area (Å²) < 4.78 is 0. The van der Waals surface area contributed by atoms with Gasteiger partial charge in [-0.1, -0.05) is 50.1 Å². The number of amides is 1. The zero-order valence-electron chi connectivity index (χ0n) is 22.3. The molecular weight excluding hydrogens is 446 g/mol. The number of rotatable bonds is 10. The van der Waals surface area contributed by atoms with Crippen LogP contribution in [0.4, 0.5) is 5.69 Å². The average molecular weight is 488 g/mol. The summed E-state index contributed by atoms with van der Waals surface area (Å²) in [5.74, 6) is 0.153. The highest BCUT2D eigenvalue weighted by molar-refractivity contribution is 6.02. The Bertz CT molecular complexity index is 1140. The predicted molar refractivity (Wildman–Crippen MR) is 150 cm³/mol. The van der Waals surface area contributed by atoms with E-state index in [2.05, 4.69) is 54.4 Å². The van der Waals surface area contributed by atoms with Crippen LogP contribution in [0.2, 0.25) is 0 Å². The Morgan fingerprint density at radius 3 is 2.47 bits per heavy atom. The second-order valence-corrected chi connectivity index (χ2v) is 10.1. The first-order chi connectivity index (χ1) is 17.4. The Labute approximate surface area is 216 Å². The minimum Gasteiger partial charge on any atom is -0.393 e. The summed E-state index contributed by atoms with van der Waals surface area (Å²) in [5.41, 5.74) is 3.30. The zero-order chi connectivity index (χ0) is 26.1. The molecule has 5 heteroatoms. The highest BCUT2D eigenvalue weighted by Gasteiger charge is 2.21. The van der Waals surface area contributed by atoms with Crippen molar-refractivity contribution in [3.05, 3.63) is 59.2 Å².